The molecule has 0 aromatic heterocycles. The van der Waals surface area contributed by atoms with E-state index in [1.807, 2.05) is 0 Å². The number of hydrogen-bond donors (Lipinski definition) is 2. The molecule has 2 aromatic rings. The zero-order chi connectivity index (χ0) is 17.5. The Morgan fingerprint density at radius 1 is 1.08 bits per heavy atom. The SMILES string of the molecule is NC(=O)c1ccccc1NC(=O)C=Cc1ccccc1OC(F)F. The van der Waals surface area contributed by atoms with E-state index < -0.39 is 18.4 Å². The maximum Gasteiger partial charge on any atom is 0.387 e. The van der Waals surface area contributed by atoms with Gasteiger partial charge in [0, 0.05) is 11.6 Å². The molecule has 24 heavy (non-hydrogen) atoms. The summed E-state index contributed by atoms with van der Waals surface area (Å²) < 4.78 is 29.0. The predicted octanol–water partition coefficient (Wildman–Crippen LogP) is 3.04. The monoisotopic (exact) mass is 332 g/mol. The lowest BCUT2D eigenvalue weighted by Gasteiger charge is -2.08. The highest BCUT2D eigenvalue weighted by Gasteiger charge is 2.10. The molecule has 7 heteroatoms. The minimum atomic E-state index is -2.96. The summed E-state index contributed by atoms with van der Waals surface area (Å²) in [7, 11) is 0. The van der Waals surface area contributed by atoms with Crippen LogP contribution in [0.15, 0.2) is 54.6 Å². The molecule has 124 valence electrons. The fourth-order valence-corrected chi connectivity index (χ4v) is 1.97. The number of anilines is 1. The molecule has 0 bridgehead atoms. The van der Waals surface area contributed by atoms with Gasteiger partial charge in [-0.3, -0.25) is 9.59 Å². The van der Waals surface area contributed by atoms with E-state index in [1.54, 1.807) is 18.2 Å². The number of hydrogen-bond acceptors (Lipinski definition) is 3. The summed E-state index contributed by atoms with van der Waals surface area (Å²) in [5, 5.41) is 2.51. The van der Waals surface area contributed by atoms with Crippen molar-refractivity contribution in [1.29, 1.82) is 0 Å². The van der Waals surface area contributed by atoms with Gasteiger partial charge in [0.1, 0.15) is 5.75 Å². The molecule has 0 aliphatic carbocycles. The zero-order valence-corrected chi connectivity index (χ0v) is 12.4. The molecule has 0 saturated heterocycles. The third kappa shape index (κ3) is 4.64. The highest BCUT2D eigenvalue weighted by Crippen LogP contribution is 2.21. The van der Waals surface area contributed by atoms with Crippen molar-refractivity contribution in [2.45, 2.75) is 6.61 Å². The number of halogens is 2. The van der Waals surface area contributed by atoms with Crippen LogP contribution in [0.1, 0.15) is 15.9 Å². The van der Waals surface area contributed by atoms with Gasteiger partial charge in [0.15, 0.2) is 0 Å². The van der Waals surface area contributed by atoms with Gasteiger partial charge in [-0.15, -0.1) is 0 Å². The smallest absolute Gasteiger partial charge is 0.387 e. The molecule has 0 unspecified atom stereocenters. The van der Waals surface area contributed by atoms with Crippen molar-refractivity contribution in [2.75, 3.05) is 5.32 Å². The van der Waals surface area contributed by atoms with Gasteiger partial charge in [-0.25, -0.2) is 0 Å². The Morgan fingerprint density at radius 2 is 1.75 bits per heavy atom. The van der Waals surface area contributed by atoms with Crippen LogP contribution in [0.2, 0.25) is 0 Å². The van der Waals surface area contributed by atoms with Gasteiger partial charge < -0.3 is 15.8 Å². The lowest BCUT2D eigenvalue weighted by atomic mass is 10.1. The number of para-hydroxylation sites is 2. The molecule has 0 heterocycles. The third-order valence-electron chi connectivity index (χ3n) is 3.00. The molecule has 2 amide bonds. The number of ether oxygens (including phenoxy) is 1. The first-order chi connectivity index (χ1) is 11.5. The van der Waals surface area contributed by atoms with E-state index in [-0.39, 0.29) is 17.0 Å². The molecule has 5 nitrogen and oxygen atoms in total. The van der Waals surface area contributed by atoms with Crippen LogP contribution in [0, 0.1) is 0 Å². The Bertz CT molecular complexity index is 776. The third-order valence-corrected chi connectivity index (χ3v) is 3.00. The quantitative estimate of drug-likeness (QED) is 0.798. The molecule has 2 rings (SSSR count). The molecule has 2 aromatic carbocycles. The Balaban J connectivity index is 2.13. The molecule has 0 aliphatic heterocycles. The van der Waals surface area contributed by atoms with Crippen LogP contribution in [0.4, 0.5) is 14.5 Å². The Kier molecular flexibility index (Phi) is 5.62. The highest BCUT2D eigenvalue weighted by atomic mass is 19.3. The molecule has 0 atom stereocenters. The minimum absolute atomic E-state index is 0.0471. The number of amides is 2. The van der Waals surface area contributed by atoms with Crippen molar-refractivity contribution in [3.8, 4) is 5.75 Å². The van der Waals surface area contributed by atoms with Gasteiger partial charge in [0.05, 0.1) is 11.3 Å². The molecule has 3 N–H and O–H groups in total. The van der Waals surface area contributed by atoms with E-state index in [2.05, 4.69) is 10.1 Å². The van der Waals surface area contributed by atoms with Crippen LogP contribution in [0.25, 0.3) is 6.08 Å². The summed E-state index contributed by atoms with van der Waals surface area (Å²) in [6.07, 6.45) is 2.48. The van der Waals surface area contributed by atoms with Gasteiger partial charge in [0.2, 0.25) is 5.91 Å². The largest absolute Gasteiger partial charge is 0.434 e. The van der Waals surface area contributed by atoms with E-state index >= 15 is 0 Å². The fourth-order valence-electron chi connectivity index (χ4n) is 1.97. The second kappa shape index (κ2) is 7.87. The summed E-state index contributed by atoms with van der Waals surface area (Å²) >= 11 is 0. The minimum Gasteiger partial charge on any atom is -0.434 e. The maximum atomic E-state index is 12.3. The highest BCUT2D eigenvalue weighted by molar-refractivity contribution is 6.07. The molecule has 0 spiro atoms. The van der Waals surface area contributed by atoms with Crippen LogP contribution in [-0.2, 0) is 4.79 Å². The number of primary amides is 1. The zero-order valence-electron chi connectivity index (χ0n) is 12.4. The second-order valence-corrected chi connectivity index (χ2v) is 4.65. The van der Waals surface area contributed by atoms with Gasteiger partial charge >= 0.3 is 6.61 Å². The summed E-state index contributed by atoms with van der Waals surface area (Å²) in [4.78, 5) is 23.3. The van der Waals surface area contributed by atoms with E-state index in [1.165, 1.54) is 36.4 Å². The van der Waals surface area contributed by atoms with Crippen LogP contribution in [-0.4, -0.2) is 18.4 Å². The van der Waals surface area contributed by atoms with Crippen molar-refractivity contribution in [3.05, 3.63) is 65.7 Å². The molecular formula is C17H14F2N2O3. The van der Waals surface area contributed by atoms with Crippen molar-refractivity contribution in [2.24, 2.45) is 5.73 Å². The lowest BCUT2D eigenvalue weighted by molar-refractivity contribution is -0.111. The number of benzene rings is 2. The van der Waals surface area contributed by atoms with Crippen LogP contribution in [0.5, 0.6) is 5.75 Å². The number of carbonyl (C=O) groups is 2. The number of nitrogens with two attached hydrogens (primary N) is 1. The van der Waals surface area contributed by atoms with Gasteiger partial charge in [-0.2, -0.15) is 8.78 Å². The predicted molar refractivity (Wildman–Crippen MR) is 85.7 cm³/mol. The molecule has 0 radical (unpaired) electrons. The van der Waals surface area contributed by atoms with E-state index in [4.69, 9.17) is 5.73 Å². The van der Waals surface area contributed by atoms with Crippen LogP contribution in [0.3, 0.4) is 0 Å². The van der Waals surface area contributed by atoms with Crippen molar-refractivity contribution in [3.63, 3.8) is 0 Å². The van der Waals surface area contributed by atoms with Crippen LogP contribution >= 0.6 is 0 Å². The Morgan fingerprint density at radius 3 is 2.46 bits per heavy atom. The summed E-state index contributed by atoms with van der Waals surface area (Å²) in [6, 6.07) is 12.3. The van der Waals surface area contributed by atoms with Gasteiger partial charge in [-0.05, 0) is 24.3 Å². The summed E-state index contributed by atoms with van der Waals surface area (Å²) in [6.45, 7) is -2.96. The first-order valence-corrected chi connectivity index (χ1v) is 6.89. The van der Waals surface area contributed by atoms with Gasteiger partial charge in [0.25, 0.3) is 5.91 Å². The maximum absolute atomic E-state index is 12.3. The number of nitrogens with one attached hydrogen (secondary N) is 1. The second-order valence-electron chi connectivity index (χ2n) is 4.65. The number of carbonyl (C=O) groups excluding carboxylic acids is 2. The first kappa shape index (κ1) is 17.1. The lowest BCUT2D eigenvalue weighted by Crippen LogP contribution is -2.16. The first-order valence-electron chi connectivity index (χ1n) is 6.89. The Labute approximate surface area is 136 Å². The molecular weight excluding hydrogens is 318 g/mol. The summed E-state index contributed by atoms with van der Waals surface area (Å²) in [5.41, 5.74) is 5.97. The number of alkyl halides is 2. The Hall–Kier alpha value is -3.22. The molecule has 0 aliphatic rings. The van der Waals surface area contributed by atoms with Crippen molar-refractivity contribution < 1.29 is 23.1 Å². The standard InChI is InChI=1S/C17H14F2N2O3/c18-17(19)24-14-8-4-1-5-11(14)9-10-15(22)21-13-7-3-2-6-12(13)16(20)23/h1-10,17H,(H2,20,23)(H,21,22). The fraction of sp³-hybridized carbons (Fsp3) is 0.0588. The topological polar surface area (TPSA) is 81.4 Å². The van der Waals surface area contributed by atoms with E-state index in [0.717, 1.165) is 6.08 Å². The van der Waals surface area contributed by atoms with Crippen molar-refractivity contribution in [1.82, 2.24) is 0 Å². The number of rotatable bonds is 6. The average molecular weight is 332 g/mol. The molecule has 0 fully saturated rings. The van der Waals surface area contributed by atoms with E-state index in [0.29, 0.717) is 5.56 Å². The average Bonchev–Trinajstić information content (AvgIpc) is 2.54. The van der Waals surface area contributed by atoms with Crippen LogP contribution < -0.4 is 15.8 Å². The normalized spacial score (nSPS) is 10.8. The van der Waals surface area contributed by atoms with Crippen molar-refractivity contribution >= 4 is 23.6 Å². The van der Waals surface area contributed by atoms with Gasteiger partial charge in [-0.1, -0.05) is 30.3 Å². The summed E-state index contributed by atoms with van der Waals surface area (Å²) in [5.74, 6) is -1.27. The molecule has 0 saturated carbocycles. The van der Waals surface area contributed by atoms with E-state index in [9.17, 15) is 18.4 Å².